The Balaban J connectivity index is 6.72. The van der Waals surface area contributed by atoms with E-state index in [4.69, 9.17) is 0 Å². The zero-order valence-corrected chi connectivity index (χ0v) is 17.9. The highest BCUT2D eigenvalue weighted by molar-refractivity contribution is 5.10. The van der Waals surface area contributed by atoms with Crippen LogP contribution in [0.25, 0.3) is 0 Å². The molecule has 0 fully saturated rings. The molecule has 0 aromatic heterocycles. The van der Waals surface area contributed by atoms with E-state index in [-0.39, 0.29) is 0 Å². The Morgan fingerprint density at radius 2 is 0.372 bits per heavy atom. The first-order valence-electron chi connectivity index (χ1n) is 8.61. The zero-order valence-electron chi connectivity index (χ0n) is 17.9. The molecule has 0 aromatic rings. The van der Waals surface area contributed by atoms with E-state index in [1.165, 1.54) is 0 Å². The lowest BCUT2D eigenvalue weighted by atomic mass is 9.97. The van der Waals surface area contributed by atoms with E-state index in [2.05, 4.69) is 0 Å². The highest BCUT2D eigenvalue weighted by Gasteiger charge is 2.94. The van der Waals surface area contributed by atoms with Crippen molar-refractivity contribution in [2.75, 3.05) is 0 Å². The maximum atomic E-state index is 13.2. The molecule has 0 aliphatic rings. The van der Waals surface area contributed by atoms with Crippen LogP contribution >= 0.6 is 0 Å². The van der Waals surface area contributed by atoms with Crippen LogP contribution in [0.2, 0.25) is 0 Å². The Labute approximate surface area is 212 Å². The van der Waals surface area contributed by atoms with Crippen LogP contribution in [0.1, 0.15) is 0 Å². The minimum atomic E-state index is -9.04. The maximum absolute atomic E-state index is 13.2. The van der Waals surface area contributed by atoms with Crippen LogP contribution in [-0.2, 0) is 9.47 Å². The van der Waals surface area contributed by atoms with Gasteiger partial charge in [0.15, 0.2) is 0 Å². The summed E-state index contributed by atoms with van der Waals surface area (Å²) in [4.78, 5) is 0. The van der Waals surface area contributed by atoms with Crippen molar-refractivity contribution in [2.24, 2.45) is 0 Å². The Morgan fingerprint density at radius 3 is 0.535 bits per heavy atom. The lowest BCUT2D eigenvalue weighted by Gasteiger charge is -2.41. The van der Waals surface area contributed by atoms with Crippen LogP contribution < -0.4 is 0 Å². The Kier molecular flexibility index (Phi) is 9.51. The minimum absolute atomic E-state index is 0.869. The van der Waals surface area contributed by atoms with Gasteiger partial charge in [-0.05, 0) is 0 Å². The number of hydrogen-bond donors (Lipinski definition) is 0. The number of ether oxygens (including phenoxy) is 2. The number of hydrogen-bond acceptors (Lipinski definition) is 2. The van der Waals surface area contributed by atoms with Crippen LogP contribution in [0.5, 0.6) is 0 Å². The van der Waals surface area contributed by atoms with Gasteiger partial charge in [0.2, 0.25) is 0 Å². The predicted molar refractivity (Wildman–Crippen MR) is 68.7 cm³/mol. The van der Waals surface area contributed by atoms with Crippen molar-refractivity contribution in [3.8, 4) is 0 Å². The van der Waals surface area contributed by atoms with Gasteiger partial charge < -0.3 is 0 Å². The summed E-state index contributed by atoms with van der Waals surface area (Å²) < 4.78 is 360. The van der Waals surface area contributed by atoms with Crippen molar-refractivity contribution in [1.29, 1.82) is 0 Å². The molecule has 2 nitrogen and oxygen atoms in total. The van der Waals surface area contributed by atoms with E-state index in [1.54, 1.807) is 0 Å². The van der Waals surface area contributed by atoms with Gasteiger partial charge in [-0.3, -0.25) is 0 Å². The second kappa shape index (κ2) is 9.98. The van der Waals surface area contributed by atoms with Crippen LogP contribution in [0, 0.1) is 0 Å². The topological polar surface area (TPSA) is 18.5 Å². The van der Waals surface area contributed by atoms with E-state index in [1.807, 2.05) is 0 Å². The van der Waals surface area contributed by atoms with Crippen LogP contribution in [0.4, 0.5) is 123 Å². The van der Waals surface area contributed by atoms with E-state index >= 15 is 0 Å². The Bertz CT molecular complexity index is 919. The molecule has 0 unspecified atom stereocenters. The molecule has 260 valence electrons. The van der Waals surface area contributed by atoms with Crippen molar-refractivity contribution in [3.05, 3.63) is 0 Å². The molecular formula is C13F28O2. The third kappa shape index (κ3) is 5.76. The smallest absolute Gasteiger partial charge is 0.224 e. The van der Waals surface area contributed by atoms with Gasteiger partial charge in [-0.1, -0.05) is 0 Å². The molecule has 0 saturated heterocycles. The maximum Gasteiger partial charge on any atom is 0.495 e. The average molecular weight is 720 g/mol. The molecule has 0 aliphatic carbocycles. The Morgan fingerprint density at radius 1 is 0.209 bits per heavy atom. The molecule has 0 rings (SSSR count). The van der Waals surface area contributed by atoms with E-state index in [0.717, 1.165) is 9.47 Å². The molecule has 0 saturated carbocycles. The Hall–Kier alpha value is -2.04. The first-order valence-corrected chi connectivity index (χ1v) is 8.61. The molecule has 30 heteroatoms. The van der Waals surface area contributed by atoms with Gasteiger partial charge in [0.25, 0.3) is 0 Å². The standard InChI is InChI=1S/C13F28O2/c14-1(15,5(22,23)9(30,31)32)3(18,19)7(26,27)11(36,37)42-13(40,41)43-12(38,39)8(28,29)4(20,21)2(16,17)6(24,25)10(33,34)35. The number of rotatable bonds is 12. The van der Waals surface area contributed by atoms with Crippen molar-refractivity contribution < 1.29 is 132 Å². The predicted octanol–water partition coefficient (Wildman–Crippen LogP) is 8.96. The second-order valence-corrected chi connectivity index (χ2v) is 7.29. The molecule has 0 atom stereocenters. The fourth-order valence-corrected chi connectivity index (χ4v) is 1.96. The van der Waals surface area contributed by atoms with Crippen LogP contribution in [0.15, 0.2) is 0 Å². The zero-order chi connectivity index (χ0) is 35.9. The summed E-state index contributed by atoms with van der Waals surface area (Å²) in [6, 6.07) is 0. The van der Waals surface area contributed by atoms with Gasteiger partial charge in [-0.2, -0.15) is 114 Å². The molecular weight excluding hydrogens is 720 g/mol. The number of halogens is 28. The molecule has 0 aromatic carbocycles. The van der Waals surface area contributed by atoms with Crippen molar-refractivity contribution in [2.45, 2.75) is 78.2 Å². The highest BCUT2D eigenvalue weighted by Crippen LogP contribution is 2.63. The van der Waals surface area contributed by atoms with Gasteiger partial charge >= 0.3 is 78.2 Å². The van der Waals surface area contributed by atoms with Gasteiger partial charge in [0.1, 0.15) is 0 Å². The molecule has 0 bridgehead atoms. The summed E-state index contributed by atoms with van der Waals surface area (Å²) in [5.74, 6) is -70.9. The molecule has 0 radical (unpaired) electrons. The molecule has 0 spiro atoms. The fraction of sp³-hybridized carbons (Fsp3) is 1.00. The molecule has 0 amide bonds. The van der Waals surface area contributed by atoms with Gasteiger partial charge in [-0.15, -0.1) is 8.78 Å². The van der Waals surface area contributed by atoms with Crippen molar-refractivity contribution >= 4 is 0 Å². The second-order valence-electron chi connectivity index (χ2n) is 7.29. The fourth-order valence-electron chi connectivity index (χ4n) is 1.96. The van der Waals surface area contributed by atoms with Crippen molar-refractivity contribution in [3.63, 3.8) is 0 Å². The minimum Gasteiger partial charge on any atom is -0.224 e. The summed E-state index contributed by atoms with van der Waals surface area (Å²) in [5.41, 5.74) is 0. The third-order valence-electron chi connectivity index (χ3n) is 4.30. The number of alkyl halides is 28. The quantitative estimate of drug-likeness (QED) is 0.148. The largest absolute Gasteiger partial charge is 0.495 e. The lowest BCUT2D eigenvalue weighted by molar-refractivity contribution is -0.571. The van der Waals surface area contributed by atoms with E-state index in [9.17, 15) is 123 Å². The van der Waals surface area contributed by atoms with E-state index in [0.29, 0.717) is 0 Å². The van der Waals surface area contributed by atoms with E-state index < -0.39 is 78.2 Å². The summed E-state index contributed by atoms with van der Waals surface area (Å²) in [6.45, 7) is 0. The van der Waals surface area contributed by atoms with Crippen molar-refractivity contribution in [1.82, 2.24) is 0 Å². The normalized spacial score (nSPS) is 17.0. The highest BCUT2D eigenvalue weighted by atomic mass is 19.4. The van der Waals surface area contributed by atoms with Gasteiger partial charge in [0, 0.05) is 0 Å². The summed E-state index contributed by atoms with van der Waals surface area (Å²) in [5, 5.41) is 0. The first-order chi connectivity index (χ1) is 17.9. The molecule has 43 heavy (non-hydrogen) atoms. The lowest BCUT2D eigenvalue weighted by Crippen LogP contribution is -2.72. The first kappa shape index (κ1) is 41.0. The summed E-state index contributed by atoms with van der Waals surface area (Å²) >= 11 is 0. The molecule has 0 N–H and O–H groups in total. The average Bonchev–Trinajstić information content (AvgIpc) is 2.69. The van der Waals surface area contributed by atoms with Gasteiger partial charge in [-0.25, -0.2) is 9.47 Å². The summed E-state index contributed by atoms with van der Waals surface area (Å²) in [6.07, 6.45) is -41.7. The SMILES string of the molecule is FC(F)(OC(F)(F)C(F)(F)C(F)(F)C(F)(F)C(F)(F)C(F)(F)F)OC(F)(F)C(F)(F)C(F)(F)C(F)(F)C(F)(F)C(F)(F)F. The van der Waals surface area contributed by atoms with Crippen LogP contribution in [0.3, 0.4) is 0 Å². The van der Waals surface area contributed by atoms with Crippen LogP contribution in [-0.4, -0.2) is 78.2 Å². The summed E-state index contributed by atoms with van der Waals surface area (Å²) in [7, 11) is 0. The monoisotopic (exact) mass is 720 g/mol. The molecule has 0 heterocycles. The molecule has 0 aliphatic heterocycles. The van der Waals surface area contributed by atoms with Gasteiger partial charge in [0.05, 0.1) is 0 Å². The third-order valence-corrected chi connectivity index (χ3v) is 4.30.